The molecule has 3 rings (SSSR count). The van der Waals surface area contributed by atoms with Gasteiger partial charge >= 0.3 is 5.97 Å². The van der Waals surface area contributed by atoms with Crippen LogP contribution in [0.25, 0.3) is 11.5 Å². The summed E-state index contributed by atoms with van der Waals surface area (Å²) in [5.41, 5.74) is 1.25. The van der Waals surface area contributed by atoms with Crippen molar-refractivity contribution in [3.05, 3.63) is 81.7 Å². The smallest absolute Gasteiger partial charge is 0.308 e. The Morgan fingerprint density at radius 1 is 1.12 bits per heavy atom. The van der Waals surface area contributed by atoms with Gasteiger partial charge in [0, 0.05) is 11.6 Å². The molecule has 0 bridgehead atoms. The van der Waals surface area contributed by atoms with E-state index in [4.69, 9.17) is 9.15 Å². The average molecular weight is 451 g/mol. The second kappa shape index (κ2) is 10.5. The molecule has 3 aromatic rings. The fourth-order valence-electron chi connectivity index (χ4n) is 3.36. The van der Waals surface area contributed by atoms with Crippen LogP contribution in [-0.2, 0) is 20.7 Å². The fourth-order valence-corrected chi connectivity index (χ4v) is 3.36. The van der Waals surface area contributed by atoms with Crippen LogP contribution in [0.4, 0.5) is 5.69 Å². The van der Waals surface area contributed by atoms with Crippen molar-refractivity contribution in [3.8, 4) is 11.5 Å². The van der Waals surface area contributed by atoms with Crippen molar-refractivity contribution < 1.29 is 23.7 Å². The van der Waals surface area contributed by atoms with Crippen LogP contribution in [0.15, 0.2) is 59.0 Å². The van der Waals surface area contributed by atoms with Gasteiger partial charge in [-0.15, -0.1) is 0 Å². The summed E-state index contributed by atoms with van der Waals surface area (Å²) in [5, 5.41) is 14.2. The first kappa shape index (κ1) is 23.6. The van der Waals surface area contributed by atoms with Crippen molar-refractivity contribution in [1.29, 1.82) is 0 Å². The Hall–Kier alpha value is -4.01. The van der Waals surface area contributed by atoms with E-state index in [2.05, 4.69) is 10.3 Å². The molecule has 2 aromatic carbocycles. The molecule has 1 amide bonds. The molecule has 0 spiro atoms. The van der Waals surface area contributed by atoms with Crippen molar-refractivity contribution in [3.63, 3.8) is 0 Å². The minimum absolute atomic E-state index is 0.113. The van der Waals surface area contributed by atoms with Crippen LogP contribution in [0.2, 0.25) is 0 Å². The summed E-state index contributed by atoms with van der Waals surface area (Å²) >= 11 is 0. The largest absolute Gasteiger partial charge is 0.463 e. The number of aromatic nitrogens is 1. The van der Waals surface area contributed by atoms with E-state index in [1.54, 1.807) is 26.8 Å². The molecule has 0 aliphatic rings. The Morgan fingerprint density at radius 3 is 2.45 bits per heavy atom. The molecule has 0 fully saturated rings. The Morgan fingerprint density at radius 2 is 1.79 bits per heavy atom. The van der Waals surface area contributed by atoms with Crippen LogP contribution < -0.4 is 5.32 Å². The molecule has 1 heterocycles. The molecule has 0 aliphatic heterocycles. The number of nitrogens with one attached hydrogen (secondary N) is 1. The van der Waals surface area contributed by atoms with E-state index in [1.165, 1.54) is 18.2 Å². The van der Waals surface area contributed by atoms with Gasteiger partial charge in [-0.25, -0.2) is 4.98 Å². The zero-order valence-electron chi connectivity index (χ0n) is 18.6. The van der Waals surface area contributed by atoms with Crippen molar-refractivity contribution in [2.24, 2.45) is 0 Å². The number of carbonyl (C=O) groups excluding carboxylic acids is 2. The molecule has 0 saturated heterocycles. The predicted molar refractivity (Wildman–Crippen MR) is 120 cm³/mol. The number of nitro groups is 1. The van der Waals surface area contributed by atoms with Crippen molar-refractivity contribution in [1.82, 2.24) is 10.3 Å². The highest BCUT2D eigenvalue weighted by molar-refractivity contribution is 5.80. The Bertz CT molecular complexity index is 1140. The number of rotatable bonds is 9. The summed E-state index contributed by atoms with van der Waals surface area (Å²) in [5.74, 6) is -0.138. The van der Waals surface area contributed by atoms with Crippen LogP contribution in [0, 0.1) is 17.0 Å². The lowest BCUT2D eigenvalue weighted by atomic mass is 10.0. The third-order valence-electron chi connectivity index (χ3n) is 4.82. The van der Waals surface area contributed by atoms with Gasteiger partial charge in [0.2, 0.25) is 11.8 Å². The van der Waals surface area contributed by atoms with Gasteiger partial charge in [-0.2, -0.15) is 0 Å². The fraction of sp³-hybridized carbons (Fsp3) is 0.292. The van der Waals surface area contributed by atoms with Gasteiger partial charge in [0.05, 0.1) is 41.2 Å². The summed E-state index contributed by atoms with van der Waals surface area (Å²) in [7, 11) is 0. The van der Waals surface area contributed by atoms with Gasteiger partial charge in [0.1, 0.15) is 5.76 Å². The van der Waals surface area contributed by atoms with Gasteiger partial charge in [0.15, 0.2) is 0 Å². The van der Waals surface area contributed by atoms with Crippen molar-refractivity contribution >= 4 is 17.6 Å². The number of amides is 1. The predicted octanol–water partition coefficient (Wildman–Crippen LogP) is 4.30. The standard InChI is InChI=1S/C24H25N3O6/c1-15(2)32-23(29)14-20(18-11-7-8-12-21(18)27(30)31)25-22(28)13-19-16(3)33-24(26-19)17-9-5-4-6-10-17/h4-12,15,20H,13-14H2,1-3H3,(H,25,28). The second-order valence-electron chi connectivity index (χ2n) is 7.74. The van der Waals surface area contributed by atoms with Gasteiger partial charge in [-0.3, -0.25) is 19.7 Å². The molecule has 9 heteroatoms. The summed E-state index contributed by atoms with van der Waals surface area (Å²) in [6, 6.07) is 14.3. The summed E-state index contributed by atoms with van der Waals surface area (Å²) < 4.78 is 10.9. The van der Waals surface area contributed by atoms with E-state index >= 15 is 0 Å². The monoisotopic (exact) mass is 451 g/mol. The number of esters is 1. The van der Waals surface area contributed by atoms with Crippen LogP contribution in [-0.4, -0.2) is 27.9 Å². The molecule has 33 heavy (non-hydrogen) atoms. The molecular weight excluding hydrogens is 426 g/mol. The lowest BCUT2D eigenvalue weighted by Gasteiger charge is -2.19. The van der Waals surface area contributed by atoms with Crippen LogP contribution in [0.5, 0.6) is 0 Å². The number of para-hydroxylation sites is 1. The molecule has 1 aromatic heterocycles. The number of hydrogen-bond donors (Lipinski definition) is 1. The molecule has 1 unspecified atom stereocenters. The number of aryl methyl sites for hydroxylation is 1. The maximum Gasteiger partial charge on any atom is 0.308 e. The lowest BCUT2D eigenvalue weighted by molar-refractivity contribution is -0.385. The molecule has 0 saturated carbocycles. The Balaban J connectivity index is 1.81. The maximum absolute atomic E-state index is 12.9. The van der Waals surface area contributed by atoms with E-state index in [0.717, 1.165) is 5.56 Å². The third-order valence-corrected chi connectivity index (χ3v) is 4.82. The zero-order chi connectivity index (χ0) is 24.0. The molecule has 9 nitrogen and oxygen atoms in total. The molecule has 172 valence electrons. The Labute approximate surface area is 190 Å². The number of hydrogen-bond acceptors (Lipinski definition) is 7. The highest BCUT2D eigenvalue weighted by Crippen LogP contribution is 2.28. The zero-order valence-corrected chi connectivity index (χ0v) is 18.6. The van der Waals surface area contributed by atoms with Crippen LogP contribution >= 0.6 is 0 Å². The van der Waals surface area contributed by atoms with E-state index in [0.29, 0.717) is 17.3 Å². The normalized spacial score (nSPS) is 11.8. The molecule has 1 atom stereocenters. The number of nitrogens with zero attached hydrogens (tertiary/aromatic N) is 2. The number of benzene rings is 2. The molecule has 0 aliphatic carbocycles. The second-order valence-corrected chi connectivity index (χ2v) is 7.74. The number of nitro benzene ring substituents is 1. The Kier molecular flexibility index (Phi) is 7.55. The quantitative estimate of drug-likeness (QED) is 0.292. The number of carbonyl (C=O) groups is 2. The number of oxazole rings is 1. The number of ether oxygens (including phenoxy) is 1. The third kappa shape index (κ3) is 6.25. The molecule has 1 N–H and O–H groups in total. The van der Waals surface area contributed by atoms with Crippen molar-refractivity contribution in [2.75, 3.05) is 0 Å². The molecule has 0 radical (unpaired) electrons. The first-order valence-electron chi connectivity index (χ1n) is 10.5. The van der Waals surface area contributed by atoms with Crippen LogP contribution in [0.3, 0.4) is 0 Å². The minimum atomic E-state index is -0.939. The topological polar surface area (TPSA) is 125 Å². The van der Waals surface area contributed by atoms with Gasteiger partial charge < -0.3 is 14.5 Å². The minimum Gasteiger partial charge on any atom is -0.463 e. The van der Waals surface area contributed by atoms with Gasteiger partial charge in [0.25, 0.3) is 5.69 Å². The van der Waals surface area contributed by atoms with E-state index in [1.807, 2.05) is 30.3 Å². The average Bonchev–Trinajstić information content (AvgIpc) is 3.13. The van der Waals surface area contributed by atoms with E-state index in [-0.39, 0.29) is 30.2 Å². The first-order chi connectivity index (χ1) is 15.7. The SMILES string of the molecule is Cc1oc(-c2ccccc2)nc1CC(=O)NC(CC(=O)OC(C)C)c1ccccc1[N+](=O)[O-]. The van der Waals surface area contributed by atoms with Crippen molar-refractivity contribution in [2.45, 2.75) is 45.8 Å². The van der Waals surface area contributed by atoms with E-state index in [9.17, 15) is 19.7 Å². The van der Waals surface area contributed by atoms with Crippen LogP contribution in [0.1, 0.15) is 43.3 Å². The van der Waals surface area contributed by atoms with Gasteiger partial charge in [-0.1, -0.05) is 36.4 Å². The lowest BCUT2D eigenvalue weighted by Crippen LogP contribution is -2.32. The maximum atomic E-state index is 12.9. The highest BCUT2D eigenvalue weighted by Gasteiger charge is 2.27. The molecular formula is C24H25N3O6. The van der Waals surface area contributed by atoms with Gasteiger partial charge in [-0.05, 0) is 32.9 Å². The highest BCUT2D eigenvalue weighted by atomic mass is 16.6. The summed E-state index contributed by atoms with van der Waals surface area (Å²) in [6.07, 6.45) is -0.714. The summed E-state index contributed by atoms with van der Waals surface area (Å²) in [4.78, 5) is 40.5. The first-order valence-corrected chi connectivity index (χ1v) is 10.5. The van der Waals surface area contributed by atoms with E-state index < -0.39 is 22.8 Å². The summed E-state index contributed by atoms with van der Waals surface area (Å²) in [6.45, 7) is 5.11.